The van der Waals surface area contributed by atoms with Gasteiger partial charge in [0.15, 0.2) is 11.5 Å². The van der Waals surface area contributed by atoms with Gasteiger partial charge in [0.25, 0.3) is 5.89 Å². The van der Waals surface area contributed by atoms with Crippen molar-refractivity contribution in [2.45, 2.75) is 56.0 Å². The first-order valence-electron chi connectivity index (χ1n) is 8.90. The first-order chi connectivity index (χ1) is 12.0. The minimum Gasteiger partial charge on any atom is -0.369 e. The van der Waals surface area contributed by atoms with E-state index in [9.17, 15) is 4.39 Å². The molecule has 132 valence electrons. The second-order valence-corrected chi connectivity index (χ2v) is 8.97. The Labute approximate surface area is 153 Å². The highest BCUT2D eigenvalue weighted by Crippen LogP contribution is 2.62. The quantitative estimate of drug-likeness (QED) is 0.791. The summed E-state index contributed by atoms with van der Waals surface area (Å²) in [5, 5.41) is 7.66. The van der Waals surface area contributed by atoms with Crippen molar-refractivity contribution in [1.82, 2.24) is 15.1 Å². The maximum Gasteiger partial charge on any atom is 0.264 e. The van der Waals surface area contributed by atoms with Crippen molar-refractivity contribution in [2.75, 3.05) is 11.9 Å². The molecule has 5 rings (SSSR count). The van der Waals surface area contributed by atoms with Gasteiger partial charge in [-0.15, -0.1) is 0 Å². The first-order valence-corrected chi connectivity index (χ1v) is 9.70. The number of anilines is 1. The van der Waals surface area contributed by atoms with Crippen LogP contribution in [-0.4, -0.2) is 21.7 Å². The van der Waals surface area contributed by atoms with Gasteiger partial charge >= 0.3 is 0 Å². The van der Waals surface area contributed by atoms with Gasteiger partial charge < -0.3 is 9.84 Å². The Bertz CT molecular complexity index is 811. The average molecular weight is 407 g/mol. The minimum absolute atomic E-state index is 0.0284. The van der Waals surface area contributed by atoms with Crippen LogP contribution in [0.4, 0.5) is 10.2 Å². The molecule has 3 aliphatic rings. The maximum atomic E-state index is 14.2. The number of hydrogen-bond donors (Lipinski definition) is 1. The van der Waals surface area contributed by atoms with Crippen LogP contribution in [0.1, 0.15) is 56.7 Å². The Hall–Kier alpha value is -1.50. The summed E-state index contributed by atoms with van der Waals surface area (Å²) in [6, 6.07) is 3.92. The lowest BCUT2D eigenvalue weighted by atomic mass is 9.81. The summed E-state index contributed by atoms with van der Waals surface area (Å²) >= 11 is 3.48. The van der Waals surface area contributed by atoms with Gasteiger partial charge in [0.05, 0.1) is 0 Å². The zero-order valence-electron chi connectivity index (χ0n) is 13.9. The van der Waals surface area contributed by atoms with Crippen molar-refractivity contribution in [3.05, 3.63) is 34.5 Å². The van der Waals surface area contributed by atoms with Crippen LogP contribution < -0.4 is 5.32 Å². The molecule has 0 aliphatic heterocycles. The van der Waals surface area contributed by atoms with Crippen molar-refractivity contribution in [3.63, 3.8) is 0 Å². The predicted octanol–water partition coefficient (Wildman–Crippen LogP) is 4.50. The zero-order chi connectivity index (χ0) is 17.1. The van der Waals surface area contributed by atoms with E-state index in [2.05, 4.69) is 36.4 Å². The van der Waals surface area contributed by atoms with Crippen molar-refractivity contribution in [3.8, 4) is 0 Å². The molecule has 0 saturated heterocycles. The third kappa shape index (κ3) is 2.58. The molecule has 0 unspecified atom stereocenters. The highest BCUT2D eigenvalue weighted by molar-refractivity contribution is 9.10. The number of hydrogen-bond acceptors (Lipinski definition) is 5. The molecule has 0 aromatic carbocycles. The van der Waals surface area contributed by atoms with Gasteiger partial charge in [-0.2, -0.15) is 4.98 Å². The van der Waals surface area contributed by atoms with Crippen LogP contribution in [0.2, 0.25) is 0 Å². The highest BCUT2D eigenvalue weighted by Gasteiger charge is 2.58. The molecule has 5 nitrogen and oxygen atoms in total. The predicted molar refractivity (Wildman–Crippen MR) is 93.9 cm³/mol. The number of rotatable bonds is 5. The van der Waals surface area contributed by atoms with Gasteiger partial charge in [-0.25, -0.2) is 9.37 Å². The number of fused-ring (bicyclic) bond motifs is 2. The average Bonchev–Trinajstić information content (AvgIpc) is 3.02. The van der Waals surface area contributed by atoms with E-state index >= 15 is 0 Å². The smallest absolute Gasteiger partial charge is 0.264 e. The fourth-order valence-corrected chi connectivity index (χ4v) is 4.93. The van der Waals surface area contributed by atoms with E-state index in [1.165, 1.54) is 0 Å². The lowest BCUT2D eigenvalue weighted by Crippen LogP contribution is -2.25. The first kappa shape index (κ1) is 15.7. The number of pyridine rings is 1. The van der Waals surface area contributed by atoms with E-state index in [1.807, 2.05) is 12.1 Å². The Morgan fingerprint density at radius 2 is 2.00 bits per heavy atom. The monoisotopic (exact) mass is 406 g/mol. The van der Waals surface area contributed by atoms with Crippen molar-refractivity contribution in [1.29, 1.82) is 0 Å². The molecular formula is C18H20BrFN4O. The van der Waals surface area contributed by atoms with Crippen LogP contribution in [0, 0.1) is 5.41 Å². The molecule has 7 heteroatoms. The van der Waals surface area contributed by atoms with Crippen LogP contribution >= 0.6 is 15.9 Å². The van der Waals surface area contributed by atoms with Gasteiger partial charge in [0, 0.05) is 22.6 Å². The van der Waals surface area contributed by atoms with Crippen LogP contribution in [0.15, 0.2) is 27.3 Å². The molecule has 2 heterocycles. The molecule has 1 N–H and O–H groups in total. The van der Waals surface area contributed by atoms with Crippen molar-refractivity contribution < 1.29 is 8.91 Å². The summed E-state index contributed by atoms with van der Waals surface area (Å²) in [7, 11) is 0. The van der Waals surface area contributed by atoms with Gasteiger partial charge in [-0.05, 0) is 62.5 Å². The number of aromatic nitrogens is 3. The van der Waals surface area contributed by atoms with E-state index in [-0.39, 0.29) is 16.7 Å². The van der Waals surface area contributed by atoms with Crippen LogP contribution in [0.25, 0.3) is 0 Å². The van der Waals surface area contributed by atoms with Crippen LogP contribution in [-0.2, 0) is 11.1 Å². The molecule has 0 radical (unpaired) electrons. The molecular weight excluding hydrogens is 387 g/mol. The second kappa shape index (κ2) is 5.25. The van der Waals surface area contributed by atoms with Crippen molar-refractivity contribution in [2.24, 2.45) is 5.41 Å². The summed E-state index contributed by atoms with van der Waals surface area (Å²) < 4.78 is 20.5. The standard InChI is InChI=1S/C18H20BrFN4O/c19-12-1-8-21-13(9-12)22-11-16-2-4-17(10-16,5-3-16)14-23-15(25-24-14)18(20)6-7-18/h1,8-9H,2-7,10-11H2,(H,21,22). The Kier molecular flexibility index (Phi) is 3.30. The highest BCUT2D eigenvalue weighted by atomic mass is 79.9. The van der Waals surface area contributed by atoms with E-state index in [0.29, 0.717) is 12.8 Å². The lowest BCUT2D eigenvalue weighted by molar-refractivity contribution is 0.224. The Morgan fingerprint density at radius 3 is 2.72 bits per heavy atom. The van der Waals surface area contributed by atoms with Gasteiger partial charge in [0.2, 0.25) is 0 Å². The molecule has 3 aliphatic carbocycles. The normalized spacial score (nSPS) is 32.1. The maximum absolute atomic E-state index is 14.2. The summed E-state index contributed by atoms with van der Waals surface area (Å²) in [5.41, 5.74) is -1.12. The topological polar surface area (TPSA) is 63.8 Å². The molecule has 2 aromatic rings. The molecule has 2 bridgehead atoms. The third-order valence-electron chi connectivity index (χ3n) is 6.32. The van der Waals surface area contributed by atoms with Crippen LogP contribution in [0.3, 0.4) is 0 Å². The van der Waals surface area contributed by atoms with Gasteiger partial charge in [0.1, 0.15) is 5.82 Å². The van der Waals surface area contributed by atoms with Crippen molar-refractivity contribution >= 4 is 21.7 Å². The van der Waals surface area contributed by atoms with E-state index in [4.69, 9.17) is 4.52 Å². The SMILES string of the molecule is FC1(c2nc(C34CCC(CNc5cc(Br)ccn5)(CC3)C4)no2)CC1. The van der Waals surface area contributed by atoms with E-state index in [0.717, 1.165) is 54.8 Å². The molecule has 2 aromatic heterocycles. The van der Waals surface area contributed by atoms with E-state index < -0.39 is 5.67 Å². The largest absolute Gasteiger partial charge is 0.369 e. The molecule has 0 spiro atoms. The van der Waals surface area contributed by atoms with E-state index in [1.54, 1.807) is 6.20 Å². The number of nitrogens with one attached hydrogen (secondary N) is 1. The van der Waals surface area contributed by atoms with Gasteiger partial charge in [-0.3, -0.25) is 0 Å². The summed E-state index contributed by atoms with van der Waals surface area (Å²) in [6.45, 7) is 0.899. The molecule has 0 atom stereocenters. The number of alkyl halides is 1. The summed E-state index contributed by atoms with van der Waals surface area (Å²) in [5.74, 6) is 1.81. The molecule has 25 heavy (non-hydrogen) atoms. The third-order valence-corrected chi connectivity index (χ3v) is 6.81. The number of halogens is 2. The lowest BCUT2D eigenvalue weighted by Gasteiger charge is -2.27. The Morgan fingerprint density at radius 1 is 1.20 bits per heavy atom. The van der Waals surface area contributed by atoms with Crippen LogP contribution in [0.5, 0.6) is 0 Å². The number of nitrogens with zero attached hydrogens (tertiary/aromatic N) is 3. The molecule has 0 amide bonds. The molecule has 3 fully saturated rings. The fourth-order valence-electron chi connectivity index (χ4n) is 4.60. The second-order valence-electron chi connectivity index (χ2n) is 8.06. The minimum atomic E-state index is -1.34. The summed E-state index contributed by atoms with van der Waals surface area (Å²) in [4.78, 5) is 8.83. The fraction of sp³-hybridized carbons (Fsp3) is 0.611. The van der Waals surface area contributed by atoms with Gasteiger partial charge in [-0.1, -0.05) is 21.1 Å². The Balaban J connectivity index is 1.31. The zero-order valence-corrected chi connectivity index (χ0v) is 15.5. The molecule has 3 saturated carbocycles. The summed E-state index contributed by atoms with van der Waals surface area (Å²) in [6.07, 6.45) is 8.24.